The number of nitriles is 2. The number of anilines is 2. The SMILES string of the molecule is CC1C(C#N)=CC=NC1n1cc(-c2ccccc2F)c2c(N3C[C@@H](C)N(C(=O)C4(Oc5cc(C#N)cc(-n6cc(-c7ccccc7F)c7c(N8CCN(C(=O)C(C)(C)O)CC8)ncnc76)n5)CCN(C)CC4)C[C@@H]3C)ncnc21. The van der Waals surface area contributed by atoms with Crippen LogP contribution in [0.4, 0.5) is 20.4 Å². The molecule has 0 spiro atoms. The van der Waals surface area contributed by atoms with E-state index in [0.717, 1.165) is 0 Å². The van der Waals surface area contributed by atoms with Crippen LogP contribution in [0.5, 0.6) is 5.88 Å². The minimum atomic E-state index is -1.53. The fourth-order valence-corrected chi connectivity index (χ4v) is 11.6. The molecule has 79 heavy (non-hydrogen) atoms. The van der Waals surface area contributed by atoms with Gasteiger partial charge in [-0.1, -0.05) is 43.3 Å². The number of carbonyl (C=O) groups is 2. The summed E-state index contributed by atoms with van der Waals surface area (Å²) < 4.78 is 42.3. The first-order valence-corrected chi connectivity index (χ1v) is 26.5. The molecule has 5 aromatic heterocycles. The average Bonchev–Trinajstić information content (AvgIpc) is 4.28. The normalized spacial score (nSPS) is 20.8. The van der Waals surface area contributed by atoms with Crippen molar-refractivity contribution in [3.63, 3.8) is 0 Å². The van der Waals surface area contributed by atoms with Gasteiger partial charge in [-0.15, -0.1) is 0 Å². The second-order valence-corrected chi connectivity index (χ2v) is 21.6. The van der Waals surface area contributed by atoms with Crippen molar-refractivity contribution in [3.8, 4) is 46.1 Å². The first-order valence-electron chi connectivity index (χ1n) is 26.5. The summed E-state index contributed by atoms with van der Waals surface area (Å²) in [4.78, 5) is 67.2. The predicted octanol–water partition coefficient (Wildman–Crippen LogP) is 7.10. The van der Waals surface area contributed by atoms with Crippen LogP contribution in [0.25, 0.3) is 50.1 Å². The highest BCUT2D eigenvalue weighted by atomic mass is 19.1. The number of aliphatic imine (C=N–C) groups is 1. The van der Waals surface area contributed by atoms with E-state index in [4.69, 9.17) is 34.6 Å². The van der Waals surface area contributed by atoms with Crippen LogP contribution in [0.2, 0.25) is 0 Å². The Morgan fingerprint density at radius 1 is 0.772 bits per heavy atom. The lowest BCUT2D eigenvalue weighted by atomic mass is 9.88. The van der Waals surface area contributed by atoms with E-state index in [1.807, 2.05) is 48.4 Å². The Morgan fingerprint density at radius 3 is 2.05 bits per heavy atom. The number of pyridine rings is 1. The highest BCUT2D eigenvalue weighted by molar-refractivity contribution is 6.03. The number of fused-ring (bicyclic) bond motifs is 2. The number of ether oxygens (including phenoxy) is 1. The number of piperazine rings is 2. The smallest absolute Gasteiger partial charge is 0.267 e. The zero-order valence-electron chi connectivity index (χ0n) is 44.8. The molecule has 404 valence electrons. The lowest BCUT2D eigenvalue weighted by Crippen LogP contribution is -2.65. The predicted molar refractivity (Wildman–Crippen MR) is 293 cm³/mol. The fraction of sp³-hybridized carbons (Fsp3) is 0.379. The summed E-state index contributed by atoms with van der Waals surface area (Å²) in [6.45, 7) is 12.0. The molecule has 2 unspecified atom stereocenters. The largest absolute Gasteiger partial charge is 0.461 e. The van der Waals surface area contributed by atoms with Gasteiger partial charge >= 0.3 is 0 Å². The van der Waals surface area contributed by atoms with Gasteiger partial charge in [-0.3, -0.25) is 19.1 Å². The molecule has 0 bridgehead atoms. The lowest BCUT2D eigenvalue weighted by Gasteiger charge is -2.49. The van der Waals surface area contributed by atoms with Crippen molar-refractivity contribution in [2.45, 2.75) is 76.9 Å². The second kappa shape index (κ2) is 20.6. The molecule has 4 aliphatic rings. The zero-order valence-corrected chi connectivity index (χ0v) is 44.8. The number of piperidine rings is 1. The first kappa shape index (κ1) is 52.4. The van der Waals surface area contributed by atoms with Gasteiger partial charge in [-0.05, 0) is 59.0 Å². The molecular formula is C58H59F2N15O4. The minimum Gasteiger partial charge on any atom is -0.461 e. The maximum Gasteiger partial charge on any atom is 0.267 e. The number of nitrogens with zero attached hydrogens (tertiary/aromatic N) is 15. The van der Waals surface area contributed by atoms with Crippen molar-refractivity contribution in [3.05, 3.63) is 115 Å². The van der Waals surface area contributed by atoms with Crippen molar-refractivity contribution >= 4 is 51.7 Å². The molecule has 4 atom stereocenters. The summed E-state index contributed by atoms with van der Waals surface area (Å²) in [6, 6.07) is 19.9. The number of allylic oxidation sites excluding steroid dienone is 1. The first-order chi connectivity index (χ1) is 38.0. The molecule has 0 aliphatic carbocycles. The van der Waals surface area contributed by atoms with Gasteiger partial charge in [0.05, 0.1) is 28.5 Å². The van der Waals surface area contributed by atoms with Crippen LogP contribution in [-0.2, 0) is 9.59 Å². The number of likely N-dealkylation sites (tertiary alicyclic amines) is 1. The molecule has 3 saturated heterocycles. The Bertz CT molecular complexity index is 3690. The van der Waals surface area contributed by atoms with Crippen molar-refractivity contribution < 1.29 is 28.2 Å². The van der Waals surface area contributed by atoms with Crippen LogP contribution in [0.1, 0.15) is 59.2 Å². The van der Waals surface area contributed by atoms with E-state index in [1.54, 1.807) is 70.4 Å². The standard InChI is InChI=1S/C58H59F2N15O4/c1-35-30-73(36(2)29-72(35)52-49-43(41-12-8-10-14-45(41)60)32-75(54(49)67-34-65-52)50-37(3)39(28-62)15-18-63-50)56(77)58(16-19-69(6)20-17-58)79-47-26-38(27-61)25-46(68-47)74-31-42(40-11-7-9-13-44(40)59)48-51(64-33-66-53(48)74)70-21-23-71(24-22-70)55(76)57(4,5)78/h7-15,18,25-26,31-37,50,78H,16-17,19-24,29-30H2,1-6H3/t35-,36+,37?,50?/m0/s1. The van der Waals surface area contributed by atoms with Gasteiger partial charge < -0.3 is 38.9 Å². The number of benzene rings is 2. The number of aromatic nitrogens is 7. The second-order valence-electron chi connectivity index (χ2n) is 21.6. The van der Waals surface area contributed by atoms with Gasteiger partial charge in [-0.2, -0.15) is 15.5 Å². The summed E-state index contributed by atoms with van der Waals surface area (Å²) in [5, 5.41) is 32.1. The van der Waals surface area contributed by atoms with E-state index in [2.05, 4.69) is 21.9 Å². The third kappa shape index (κ3) is 9.46. The van der Waals surface area contributed by atoms with E-state index in [0.29, 0.717) is 115 Å². The average molecular weight is 1070 g/mol. The quantitative estimate of drug-likeness (QED) is 0.145. The van der Waals surface area contributed by atoms with Crippen LogP contribution < -0.4 is 14.5 Å². The minimum absolute atomic E-state index is 0.0463. The number of hydrogen-bond acceptors (Lipinski definition) is 15. The molecule has 0 saturated carbocycles. The summed E-state index contributed by atoms with van der Waals surface area (Å²) in [7, 11) is 1.99. The molecule has 19 nitrogen and oxygen atoms in total. The number of carbonyl (C=O) groups excluding carboxylic acids is 2. The van der Waals surface area contributed by atoms with Gasteiger partial charge in [0.1, 0.15) is 59.2 Å². The summed E-state index contributed by atoms with van der Waals surface area (Å²) >= 11 is 0. The molecular weight excluding hydrogens is 1010 g/mol. The lowest BCUT2D eigenvalue weighted by molar-refractivity contribution is -0.156. The van der Waals surface area contributed by atoms with E-state index in [9.17, 15) is 20.4 Å². The number of halogens is 2. The molecule has 11 rings (SSSR count). The number of rotatable bonds is 10. The topological polar surface area (TPSA) is 214 Å². The maximum absolute atomic E-state index is 15.9. The van der Waals surface area contributed by atoms with E-state index < -0.39 is 29.0 Å². The molecule has 21 heteroatoms. The van der Waals surface area contributed by atoms with Crippen LogP contribution in [0.3, 0.4) is 0 Å². The summed E-state index contributed by atoms with van der Waals surface area (Å²) in [5.41, 5.74) is 0.431. The van der Waals surface area contributed by atoms with E-state index in [1.165, 1.54) is 44.7 Å². The third-order valence-corrected chi connectivity index (χ3v) is 15.9. The van der Waals surface area contributed by atoms with Crippen molar-refractivity contribution in [1.29, 1.82) is 10.5 Å². The number of dihydropyridines is 1. The zero-order chi connectivity index (χ0) is 55.5. The van der Waals surface area contributed by atoms with Crippen molar-refractivity contribution in [2.75, 3.05) is 69.2 Å². The fourth-order valence-electron chi connectivity index (χ4n) is 11.6. The summed E-state index contributed by atoms with van der Waals surface area (Å²) in [6.07, 6.45) is 9.90. The summed E-state index contributed by atoms with van der Waals surface area (Å²) in [5.74, 6) is -0.423. The number of amides is 2. The highest BCUT2D eigenvalue weighted by Gasteiger charge is 2.49. The third-order valence-electron chi connectivity index (χ3n) is 15.9. The van der Waals surface area contributed by atoms with Gasteiger partial charge in [0.25, 0.3) is 11.8 Å². The van der Waals surface area contributed by atoms with Crippen LogP contribution >= 0.6 is 0 Å². The molecule has 1 N–H and O–H groups in total. The molecule has 7 aromatic rings. The molecule has 4 aliphatic heterocycles. The number of hydrogen-bond donors (Lipinski definition) is 1. The van der Waals surface area contributed by atoms with E-state index >= 15 is 13.6 Å². The molecule has 0 radical (unpaired) electrons. The van der Waals surface area contributed by atoms with Crippen LogP contribution in [0, 0.1) is 40.2 Å². The molecule has 2 aromatic carbocycles. The molecule has 3 fully saturated rings. The molecule has 9 heterocycles. The Kier molecular flexibility index (Phi) is 13.7. The van der Waals surface area contributed by atoms with Crippen LogP contribution in [0.15, 0.2) is 102 Å². The Balaban J connectivity index is 0.930. The van der Waals surface area contributed by atoms with Gasteiger partial charge in [0, 0.05) is 136 Å². The Labute approximate surface area is 455 Å². The number of aliphatic hydroxyl groups is 1. The maximum atomic E-state index is 15.9. The molecule has 2 amide bonds. The highest BCUT2D eigenvalue weighted by Crippen LogP contribution is 2.43. The van der Waals surface area contributed by atoms with Crippen LogP contribution in [-0.4, -0.2) is 155 Å². The van der Waals surface area contributed by atoms with Gasteiger partial charge in [0.2, 0.25) is 5.88 Å². The van der Waals surface area contributed by atoms with Gasteiger partial charge in [0.15, 0.2) is 11.2 Å². The Morgan fingerprint density at radius 2 is 1.41 bits per heavy atom. The Hall–Kier alpha value is -8.66. The monoisotopic (exact) mass is 1070 g/mol. The van der Waals surface area contributed by atoms with Crippen molar-refractivity contribution in [2.24, 2.45) is 10.9 Å². The van der Waals surface area contributed by atoms with E-state index in [-0.39, 0.29) is 59.2 Å². The van der Waals surface area contributed by atoms with Gasteiger partial charge in [-0.25, -0.2) is 28.7 Å². The van der Waals surface area contributed by atoms with Crippen molar-refractivity contribution in [1.82, 2.24) is 48.8 Å².